The number of carbonyl (C=O) groups is 1. The molecule has 4 heterocycles. The average Bonchev–Trinajstić information content (AvgIpc) is 3.11. The Hall–Kier alpha value is -3.79. The van der Waals surface area contributed by atoms with Gasteiger partial charge in [0.15, 0.2) is 0 Å². The van der Waals surface area contributed by atoms with Crippen molar-refractivity contribution in [3.8, 4) is 28.1 Å². The smallest absolute Gasteiger partial charge is 0.419 e. The summed E-state index contributed by atoms with van der Waals surface area (Å²) < 4.78 is 45.3. The zero-order valence-corrected chi connectivity index (χ0v) is 17.4. The summed E-state index contributed by atoms with van der Waals surface area (Å²) in [6, 6.07) is 13.7. The minimum atomic E-state index is -5.13. The highest BCUT2D eigenvalue weighted by Gasteiger charge is 2.41. The molecule has 1 aliphatic rings. The molecule has 1 fully saturated rings. The first-order valence-corrected chi connectivity index (χ1v) is 10.2. The lowest BCUT2D eigenvalue weighted by molar-refractivity contribution is -0.189. The van der Waals surface area contributed by atoms with Crippen LogP contribution in [0.2, 0.25) is 0 Å². The summed E-state index contributed by atoms with van der Waals surface area (Å²) >= 11 is 0. The van der Waals surface area contributed by atoms with Crippen LogP contribution in [0, 0.1) is 6.92 Å². The zero-order valence-electron chi connectivity index (χ0n) is 17.4. The first-order chi connectivity index (χ1) is 15.8. The van der Waals surface area contributed by atoms with Crippen LogP contribution in [-0.2, 0) is 4.79 Å². The zero-order chi connectivity index (χ0) is 23.2. The molecule has 0 bridgehead atoms. The lowest BCUT2D eigenvalue weighted by atomic mass is 9.98. The van der Waals surface area contributed by atoms with Crippen molar-refractivity contribution in [3.63, 3.8) is 0 Å². The first-order valence-electron chi connectivity index (χ1n) is 10.2. The van der Waals surface area contributed by atoms with Crippen molar-refractivity contribution in [2.24, 2.45) is 0 Å². The van der Waals surface area contributed by atoms with Crippen molar-refractivity contribution >= 4 is 11.5 Å². The number of halogens is 3. The molecule has 10 heteroatoms. The quantitative estimate of drug-likeness (QED) is 0.373. The van der Waals surface area contributed by atoms with Crippen molar-refractivity contribution in [1.82, 2.24) is 25.1 Å². The topological polar surface area (TPSA) is 81.4 Å². The van der Waals surface area contributed by atoms with Crippen molar-refractivity contribution < 1.29 is 22.7 Å². The maximum absolute atomic E-state index is 12.9. The van der Waals surface area contributed by atoms with E-state index in [0.717, 1.165) is 35.6 Å². The molecule has 33 heavy (non-hydrogen) atoms. The van der Waals surface area contributed by atoms with Gasteiger partial charge in [0, 0.05) is 30.8 Å². The molecule has 0 saturated carbocycles. The molecule has 0 aliphatic carbocycles. The van der Waals surface area contributed by atoms with Crippen LogP contribution in [0.15, 0.2) is 54.7 Å². The Balaban J connectivity index is 1.55. The van der Waals surface area contributed by atoms with Crippen LogP contribution in [0.5, 0.6) is 5.75 Å². The summed E-state index contributed by atoms with van der Waals surface area (Å²) in [5, 5.41) is 15.8. The molecule has 0 atom stereocenters. The fraction of sp³-hybridized carbons (Fsp3) is 0.217. The Morgan fingerprint density at radius 2 is 1.85 bits per heavy atom. The fourth-order valence-corrected chi connectivity index (χ4v) is 3.66. The van der Waals surface area contributed by atoms with Gasteiger partial charge >= 0.3 is 12.1 Å². The SMILES string of the molecule is Cc1cc2cc(-c3ccc(-c4ccc(C5CNC5)nn4)c(OC(=O)C(F)(F)F)c3)ccn2n1. The van der Waals surface area contributed by atoms with Gasteiger partial charge in [-0.1, -0.05) is 6.07 Å². The molecular weight excluding hydrogens is 435 g/mol. The van der Waals surface area contributed by atoms with E-state index in [0.29, 0.717) is 11.3 Å². The molecule has 0 unspecified atom stereocenters. The standard InChI is InChI=1S/C23H18F3N5O2/c1-13-8-17-9-15(6-7-31(17)30-13)14-2-3-18(21(10-14)33-22(32)23(24,25)26)20-5-4-19(28-29-20)16-11-27-12-16/h2-10,16,27H,11-12H2,1H3. The summed E-state index contributed by atoms with van der Waals surface area (Å²) in [7, 11) is 0. The van der Waals surface area contributed by atoms with Crippen LogP contribution in [-0.4, -0.2) is 45.0 Å². The molecule has 4 aromatic rings. The molecule has 5 rings (SSSR count). The van der Waals surface area contributed by atoms with Gasteiger partial charge in [0.25, 0.3) is 0 Å². The number of nitrogens with zero attached hydrogens (tertiary/aromatic N) is 4. The maximum atomic E-state index is 12.9. The minimum absolute atomic E-state index is 0.239. The molecule has 0 spiro atoms. The number of hydrogen-bond donors (Lipinski definition) is 1. The van der Waals surface area contributed by atoms with E-state index >= 15 is 0 Å². The Morgan fingerprint density at radius 1 is 1.06 bits per heavy atom. The van der Waals surface area contributed by atoms with E-state index in [1.54, 1.807) is 41.0 Å². The van der Waals surface area contributed by atoms with E-state index in [4.69, 9.17) is 4.74 Å². The molecule has 0 amide bonds. The molecule has 7 nitrogen and oxygen atoms in total. The molecular formula is C23H18F3N5O2. The Labute approximate surface area is 186 Å². The summed E-state index contributed by atoms with van der Waals surface area (Å²) in [5.74, 6) is -2.28. The molecule has 1 aliphatic heterocycles. The van der Waals surface area contributed by atoms with Crippen LogP contribution >= 0.6 is 0 Å². The predicted octanol–water partition coefficient (Wildman–Crippen LogP) is 3.92. The molecule has 168 valence electrons. The molecule has 1 aromatic carbocycles. The Bertz CT molecular complexity index is 1340. The van der Waals surface area contributed by atoms with E-state index in [9.17, 15) is 18.0 Å². The lowest BCUT2D eigenvalue weighted by Crippen LogP contribution is -2.40. The lowest BCUT2D eigenvalue weighted by Gasteiger charge is -2.25. The van der Waals surface area contributed by atoms with Gasteiger partial charge in [-0.05, 0) is 60.5 Å². The molecule has 3 aromatic heterocycles. The largest absolute Gasteiger partial charge is 0.491 e. The average molecular weight is 453 g/mol. The minimum Gasteiger partial charge on any atom is -0.419 e. The number of benzene rings is 1. The normalized spacial score (nSPS) is 14.3. The van der Waals surface area contributed by atoms with Gasteiger partial charge in [-0.2, -0.15) is 28.5 Å². The van der Waals surface area contributed by atoms with E-state index in [2.05, 4.69) is 20.6 Å². The van der Waals surface area contributed by atoms with E-state index in [-0.39, 0.29) is 17.2 Å². The number of aromatic nitrogens is 4. The number of rotatable bonds is 4. The van der Waals surface area contributed by atoms with Crippen molar-refractivity contribution in [1.29, 1.82) is 0 Å². The molecule has 0 radical (unpaired) electrons. The second-order valence-corrected chi connectivity index (χ2v) is 7.87. The highest BCUT2D eigenvalue weighted by molar-refractivity contribution is 5.83. The third kappa shape index (κ3) is 4.17. The van der Waals surface area contributed by atoms with Crippen LogP contribution in [0.3, 0.4) is 0 Å². The summed E-state index contributed by atoms with van der Waals surface area (Å²) in [6.07, 6.45) is -3.37. The number of carbonyl (C=O) groups excluding carboxylic acids is 1. The highest BCUT2D eigenvalue weighted by Crippen LogP contribution is 2.35. The van der Waals surface area contributed by atoms with Crippen molar-refractivity contribution in [3.05, 3.63) is 66.1 Å². The fourth-order valence-electron chi connectivity index (χ4n) is 3.66. The van der Waals surface area contributed by atoms with E-state index in [1.165, 1.54) is 6.07 Å². The van der Waals surface area contributed by atoms with Crippen LogP contribution in [0.25, 0.3) is 27.9 Å². The number of alkyl halides is 3. The monoisotopic (exact) mass is 453 g/mol. The third-order valence-corrected chi connectivity index (χ3v) is 5.50. The van der Waals surface area contributed by atoms with Crippen molar-refractivity contribution in [2.75, 3.05) is 13.1 Å². The van der Waals surface area contributed by atoms with E-state index < -0.39 is 12.1 Å². The van der Waals surface area contributed by atoms with Crippen LogP contribution in [0.4, 0.5) is 13.2 Å². The van der Waals surface area contributed by atoms with Gasteiger partial charge in [-0.15, -0.1) is 0 Å². The maximum Gasteiger partial charge on any atom is 0.491 e. The van der Waals surface area contributed by atoms with Gasteiger partial charge in [0.2, 0.25) is 0 Å². The number of aryl methyl sites for hydroxylation is 1. The first kappa shape index (κ1) is 21.1. The second kappa shape index (κ2) is 7.96. The van der Waals surface area contributed by atoms with E-state index in [1.807, 2.05) is 19.1 Å². The van der Waals surface area contributed by atoms with Gasteiger partial charge in [-0.25, -0.2) is 9.31 Å². The van der Waals surface area contributed by atoms with Gasteiger partial charge in [-0.3, -0.25) is 0 Å². The second-order valence-electron chi connectivity index (χ2n) is 7.87. The van der Waals surface area contributed by atoms with Gasteiger partial charge in [0.1, 0.15) is 5.75 Å². The number of esters is 1. The predicted molar refractivity (Wildman–Crippen MR) is 114 cm³/mol. The number of nitrogens with one attached hydrogen (secondary N) is 1. The number of ether oxygens (including phenoxy) is 1. The number of hydrogen-bond acceptors (Lipinski definition) is 6. The molecule has 1 N–H and O–H groups in total. The van der Waals surface area contributed by atoms with Crippen molar-refractivity contribution in [2.45, 2.75) is 19.0 Å². The summed E-state index contributed by atoms with van der Waals surface area (Å²) in [4.78, 5) is 11.6. The number of pyridine rings is 1. The number of fused-ring (bicyclic) bond motifs is 1. The Morgan fingerprint density at radius 3 is 2.52 bits per heavy atom. The van der Waals surface area contributed by atoms with Crippen LogP contribution < -0.4 is 10.1 Å². The summed E-state index contributed by atoms with van der Waals surface area (Å²) in [6.45, 7) is 3.47. The molecule has 1 saturated heterocycles. The van der Waals surface area contributed by atoms with Gasteiger partial charge in [0.05, 0.1) is 22.6 Å². The summed E-state index contributed by atoms with van der Waals surface area (Å²) in [5.41, 5.74) is 4.32. The highest BCUT2D eigenvalue weighted by atomic mass is 19.4. The Kier molecular flexibility index (Phi) is 5.09. The third-order valence-electron chi connectivity index (χ3n) is 5.50. The van der Waals surface area contributed by atoms with Gasteiger partial charge < -0.3 is 10.1 Å². The van der Waals surface area contributed by atoms with Crippen LogP contribution in [0.1, 0.15) is 17.3 Å².